The summed E-state index contributed by atoms with van der Waals surface area (Å²) in [7, 11) is 0. The van der Waals surface area contributed by atoms with Gasteiger partial charge in [-0.05, 0) is 30.7 Å². The summed E-state index contributed by atoms with van der Waals surface area (Å²) in [5, 5.41) is 8.81. The van der Waals surface area contributed by atoms with Crippen LogP contribution in [0.3, 0.4) is 0 Å². The van der Waals surface area contributed by atoms with Crippen LogP contribution in [0.1, 0.15) is 31.4 Å². The van der Waals surface area contributed by atoms with Crippen molar-refractivity contribution in [2.45, 2.75) is 25.8 Å². The predicted octanol–water partition coefficient (Wildman–Crippen LogP) is 2.34. The molecule has 1 atom stereocenters. The molecule has 4 nitrogen and oxygen atoms in total. The molecule has 0 bridgehead atoms. The lowest BCUT2D eigenvalue weighted by Gasteiger charge is -2.30. The van der Waals surface area contributed by atoms with E-state index in [4.69, 9.17) is 23.1 Å². The van der Waals surface area contributed by atoms with Crippen molar-refractivity contribution in [1.29, 1.82) is 0 Å². The minimum atomic E-state index is -0.882. The molecule has 1 aromatic rings. The van der Waals surface area contributed by atoms with Crippen molar-refractivity contribution in [3.8, 4) is 0 Å². The van der Waals surface area contributed by atoms with Crippen LogP contribution in [0.2, 0.25) is 0 Å². The Morgan fingerprint density at radius 3 is 2.70 bits per heavy atom. The molecule has 0 saturated heterocycles. The average Bonchev–Trinajstić information content (AvgIpc) is 2.35. The molecule has 1 aromatic carbocycles. The maximum Gasteiger partial charge on any atom is 0.304 e. The molecule has 0 saturated carbocycles. The number of carbonyl (C=O) groups is 1. The molecule has 0 fully saturated rings. The topological polar surface area (TPSA) is 66.6 Å². The van der Waals surface area contributed by atoms with E-state index in [1.54, 1.807) is 12.1 Å². The van der Waals surface area contributed by atoms with Gasteiger partial charge in [-0.1, -0.05) is 31.3 Å². The zero-order valence-electron chi connectivity index (χ0n) is 11.4. The number of hydrogen-bond acceptors (Lipinski definition) is 3. The van der Waals surface area contributed by atoms with Crippen molar-refractivity contribution in [2.75, 3.05) is 13.1 Å². The van der Waals surface area contributed by atoms with Crippen molar-refractivity contribution < 1.29 is 14.3 Å². The Morgan fingerprint density at radius 2 is 2.20 bits per heavy atom. The zero-order valence-corrected chi connectivity index (χ0v) is 12.2. The molecule has 1 unspecified atom stereocenters. The van der Waals surface area contributed by atoms with E-state index >= 15 is 0 Å². The molecule has 6 heteroatoms. The largest absolute Gasteiger partial charge is 0.481 e. The normalized spacial score (nSPS) is 12.3. The van der Waals surface area contributed by atoms with Crippen LogP contribution in [0, 0.1) is 5.82 Å². The van der Waals surface area contributed by atoms with Crippen molar-refractivity contribution in [2.24, 2.45) is 5.73 Å². The first kappa shape index (κ1) is 16.5. The molecular formula is C14H19FN2O2S. The van der Waals surface area contributed by atoms with Crippen molar-refractivity contribution in [3.05, 3.63) is 35.6 Å². The van der Waals surface area contributed by atoms with E-state index in [1.165, 1.54) is 12.1 Å². The van der Waals surface area contributed by atoms with E-state index in [9.17, 15) is 9.18 Å². The maximum atomic E-state index is 13.4. The van der Waals surface area contributed by atoms with Crippen molar-refractivity contribution >= 4 is 23.2 Å². The minimum absolute atomic E-state index is 0.00553. The third-order valence-electron chi connectivity index (χ3n) is 2.92. The van der Waals surface area contributed by atoms with Gasteiger partial charge in [0.2, 0.25) is 0 Å². The summed E-state index contributed by atoms with van der Waals surface area (Å²) in [6, 6.07) is 5.63. The number of rotatable bonds is 8. The first-order valence-corrected chi connectivity index (χ1v) is 6.87. The first-order chi connectivity index (χ1) is 9.45. The fourth-order valence-electron chi connectivity index (χ4n) is 2.13. The van der Waals surface area contributed by atoms with Crippen molar-refractivity contribution in [3.63, 3.8) is 0 Å². The number of aliphatic carboxylic acids is 1. The molecule has 0 aliphatic heterocycles. The second kappa shape index (κ2) is 7.91. The molecule has 110 valence electrons. The van der Waals surface area contributed by atoms with Gasteiger partial charge in [-0.15, -0.1) is 0 Å². The SMILES string of the molecule is CCCN(CCC(=O)O)C(C(N)=S)c1cccc(F)c1. The summed E-state index contributed by atoms with van der Waals surface area (Å²) in [5.74, 6) is -1.24. The molecule has 0 amide bonds. The Kier molecular flexibility index (Phi) is 6.54. The maximum absolute atomic E-state index is 13.4. The molecule has 1 rings (SSSR count). The highest BCUT2D eigenvalue weighted by Gasteiger charge is 2.23. The van der Waals surface area contributed by atoms with Gasteiger partial charge >= 0.3 is 5.97 Å². The van der Waals surface area contributed by atoms with Crippen LogP contribution < -0.4 is 5.73 Å². The lowest BCUT2D eigenvalue weighted by atomic mass is 10.0. The summed E-state index contributed by atoms with van der Waals surface area (Å²) in [6.07, 6.45) is 0.822. The standard InChI is InChI=1S/C14H19FN2O2S/c1-2-7-17(8-6-12(18)19)13(14(16)20)10-4-3-5-11(15)9-10/h3-5,9,13H,2,6-8H2,1H3,(H2,16,20)(H,18,19). The van der Waals surface area contributed by atoms with Gasteiger partial charge < -0.3 is 10.8 Å². The highest BCUT2D eigenvalue weighted by molar-refractivity contribution is 7.80. The summed E-state index contributed by atoms with van der Waals surface area (Å²) in [5.41, 5.74) is 6.43. The number of carboxylic acids is 1. The molecular weight excluding hydrogens is 279 g/mol. The number of nitrogens with two attached hydrogens (primary N) is 1. The van der Waals surface area contributed by atoms with Gasteiger partial charge in [-0.3, -0.25) is 9.69 Å². The van der Waals surface area contributed by atoms with Gasteiger partial charge in [0, 0.05) is 6.54 Å². The Hall–Kier alpha value is -1.53. The fourth-order valence-corrected chi connectivity index (χ4v) is 2.41. The van der Waals surface area contributed by atoms with Gasteiger partial charge in [-0.2, -0.15) is 0 Å². The minimum Gasteiger partial charge on any atom is -0.481 e. The summed E-state index contributed by atoms with van der Waals surface area (Å²) in [6.45, 7) is 2.95. The number of carboxylic acid groups (broad SMARTS) is 1. The van der Waals surface area contributed by atoms with Crippen LogP contribution in [0.25, 0.3) is 0 Å². The number of benzene rings is 1. The second-order valence-electron chi connectivity index (χ2n) is 4.54. The van der Waals surface area contributed by atoms with E-state index in [0.717, 1.165) is 6.42 Å². The van der Waals surface area contributed by atoms with Gasteiger partial charge in [0.05, 0.1) is 17.5 Å². The van der Waals surface area contributed by atoms with Crippen LogP contribution >= 0.6 is 12.2 Å². The van der Waals surface area contributed by atoms with Gasteiger partial charge in [0.1, 0.15) is 5.82 Å². The van der Waals surface area contributed by atoms with Crippen LogP contribution in [-0.2, 0) is 4.79 Å². The molecule has 0 radical (unpaired) electrons. The van der Waals surface area contributed by atoms with Crippen LogP contribution in [0.4, 0.5) is 4.39 Å². The highest BCUT2D eigenvalue weighted by atomic mass is 32.1. The van der Waals surface area contributed by atoms with E-state index in [2.05, 4.69) is 0 Å². The third kappa shape index (κ3) is 4.86. The lowest BCUT2D eigenvalue weighted by molar-refractivity contribution is -0.137. The van der Waals surface area contributed by atoms with E-state index in [0.29, 0.717) is 18.7 Å². The van der Waals surface area contributed by atoms with Crippen LogP contribution in [-0.4, -0.2) is 34.1 Å². The fraction of sp³-hybridized carbons (Fsp3) is 0.429. The first-order valence-electron chi connectivity index (χ1n) is 6.46. The average molecular weight is 298 g/mol. The molecule has 0 aliphatic carbocycles. The predicted molar refractivity (Wildman–Crippen MR) is 80.0 cm³/mol. The Balaban J connectivity index is 3.01. The zero-order chi connectivity index (χ0) is 15.1. The Labute approximate surface area is 123 Å². The molecule has 0 heterocycles. The monoisotopic (exact) mass is 298 g/mol. The number of thiocarbonyl (C=S) groups is 1. The van der Waals surface area contributed by atoms with Crippen molar-refractivity contribution in [1.82, 2.24) is 4.90 Å². The molecule has 0 aliphatic rings. The smallest absolute Gasteiger partial charge is 0.304 e. The van der Waals surface area contributed by atoms with Crippen LogP contribution in [0.5, 0.6) is 0 Å². The Morgan fingerprint density at radius 1 is 1.50 bits per heavy atom. The number of halogens is 1. The van der Waals surface area contributed by atoms with E-state index in [1.807, 2.05) is 11.8 Å². The molecule has 20 heavy (non-hydrogen) atoms. The van der Waals surface area contributed by atoms with E-state index < -0.39 is 12.0 Å². The highest BCUT2D eigenvalue weighted by Crippen LogP contribution is 2.22. The van der Waals surface area contributed by atoms with Crippen LogP contribution in [0.15, 0.2) is 24.3 Å². The number of hydrogen-bond donors (Lipinski definition) is 2. The summed E-state index contributed by atoms with van der Waals surface area (Å²) < 4.78 is 13.4. The number of nitrogens with zero attached hydrogens (tertiary/aromatic N) is 1. The second-order valence-corrected chi connectivity index (χ2v) is 5.01. The molecule has 3 N–H and O–H groups in total. The van der Waals surface area contributed by atoms with Gasteiger partial charge in [0.25, 0.3) is 0 Å². The van der Waals surface area contributed by atoms with Gasteiger partial charge in [-0.25, -0.2) is 4.39 Å². The van der Waals surface area contributed by atoms with E-state index in [-0.39, 0.29) is 17.2 Å². The molecule has 0 spiro atoms. The lowest BCUT2D eigenvalue weighted by Crippen LogP contribution is -2.38. The quantitative estimate of drug-likeness (QED) is 0.721. The third-order valence-corrected chi connectivity index (χ3v) is 3.15. The summed E-state index contributed by atoms with van der Waals surface area (Å²) >= 11 is 5.08. The molecule has 0 aromatic heterocycles. The summed E-state index contributed by atoms with van der Waals surface area (Å²) in [4.78, 5) is 12.8. The Bertz CT molecular complexity index is 482. The van der Waals surface area contributed by atoms with Gasteiger partial charge in [0.15, 0.2) is 0 Å².